The molecule has 0 atom stereocenters. The van der Waals surface area contributed by atoms with Gasteiger partial charge in [-0.15, -0.1) is 11.8 Å². The Balaban J connectivity index is 1.67. The Bertz CT molecular complexity index is 841. The predicted octanol–water partition coefficient (Wildman–Crippen LogP) is 3.30. The van der Waals surface area contributed by atoms with E-state index in [9.17, 15) is 12.8 Å². The topological polar surface area (TPSA) is 59.5 Å². The largest absolute Gasteiger partial charge is 0.379 e. The van der Waals surface area contributed by atoms with Gasteiger partial charge < -0.3 is 4.74 Å². The highest BCUT2D eigenvalue weighted by Crippen LogP contribution is 2.25. The maximum absolute atomic E-state index is 13.8. The van der Waals surface area contributed by atoms with Gasteiger partial charge in [0.2, 0.25) is 10.0 Å². The lowest BCUT2D eigenvalue weighted by Gasteiger charge is -2.25. The first-order chi connectivity index (χ1) is 12.0. The van der Waals surface area contributed by atoms with E-state index in [2.05, 4.69) is 20.9 Å². The van der Waals surface area contributed by atoms with E-state index >= 15 is 0 Å². The monoisotopic (exact) mass is 446 g/mol. The number of halogens is 2. The van der Waals surface area contributed by atoms with Crippen LogP contribution in [0.2, 0.25) is 0 Å². The molecule has 25 heavy (non-hydrogen) atoms. The van der Waals surface area contributed by atoms with Crippen molar-refractivity contribution in [3.05, 3.63) is 52.4 Å². The Morgan fingerprint density at radius 2 is 2.00 bits per heavy atom. The molecular formula is C16H16BrFN2O3S2. The molecule has 0 spiro atoms. The van der Waals surface area contributed by atoms with Crippen molar-refractivity contribution in [1.82, 2.24) is 9.29 Å². The van der Waals surface area contributed by atoms with Gasteiger partial charge in [0.25, 0.3) is 0 Å². The van der Waals surface area contributed by atoms with Crippen LogP contribution in [0.3, 0.4) is 0 Å². The van der Waals surface area contributed by atoms with Crippen LogP contribution in [-0.2, 0) is 20.5 Å². The van der Waals surface area contributed by atoms with Crippen molar-refractivity contribution < 1.29 is 17.5 Å². The Hall–Kier alpha value is -1.00. The molecule has 0 unspecified atom stereocenters. The van der Waals surface area contributed by atoms with Gasteiger partial charge in [0.05, 0.1) is 18.2 Å². The summed E-state index contributed by atoms with van der Waals surface area (Å²) < 4.78 is 46.1. The van der Waals surface area contributed by atoms with Gasteiger partial charge in [0.1, 0.15) is 10.7 Å². The third-order valence-corrected chi connectivity index (χ3v) is 7.08. The van der Waals surface area contributed by atoms with Gasteiger partial charge in [-0.05, 0) is 29.8 Å². The van der Waals surface area contributed by atoms with Crippen molar-refractivity contribution in [1.29, 1.82) is 0 Å². The van der Waals surface area contributed by atoms with E-state index < -0.39 is 10.0 Å². The minimum Gasteiger partial charge on any atom is -0.379 e. The Morgan fingerprint density at radius 1 is 1.24 bits per heavy atom. The first-order valence-electron chi connectivity index (χ1n) is 7.57. The van der Waals surface area contributed by atoms with Crippen LogP contribution in [0.4, 0.5) is 4.39 Å². The number of morpholine rings is 1. The van der Waals surface area contributed by atoms with Crippen LogP contribution < -0.4 is 0 Å². The van der Waals surface area contributed by atoms with Crippen LogP contribution >= 0.6 is 27.7 Å². The van der Waals surface area contributed by atoms with Crippen LogP contribution in [0.5, 0.6) is 0 Å². The molecule has 0 radical (unpaired) electrons. The number of benzene rings is 1. The summed E-state index contributed by atoms with van der Waals surface area (Å²) in [6, 6.07) is 8.10. The van der Waals surface area contributed by atoms with Crippen LogP contribution in [0.15, 0.2) is 50.9 Å². The van der Waals surface area contributed by atoms with Crippen molar-refractivity contribution in [3.63, 3.8) is 0 Å². The second kappa shape index (κ2) is 8.13. The molecule has 1 saturated heterocycles. The molecule has 5 nitrogen and oxygen atoms in total. The SMILES string of the molecule is O=S(=O)(c1ccc(SCc2ccc(Br)cc2F)nc1)N1CCOCC1. The average Bonchev–Trinajstić information content (AvgIpc) is 2.62. The van der Waals surface area contributed by atoms with Gasteiger partial charge in [0.15, 0.2) is 0 Å². The van der Waals surface area contributed by atoms with E-state index in [0.29, 0.717) is 47.1 Å². The van der Waals surface area contributed by atoms with Crippen LogP contribution in [-0.4, -0.2) is 44.0 Å². The van der Waals surface area contributed by atoms with Crippen LogP contribution in [0.25, 0.3) is 0 Å². The van der Waals surface area contributed by atoms with Crippen LogP contribution in [0, 0.1) is 5.82 Å². The molecule has 1 aliphatic rings. The average molecular weight is 447 g/mol. The standard InChI is InChI=1S/C16H16BrFN2O3S2/c17-13-2-1-12(15(18)9-13)11-24-16-4-3-14(10-19-16)25(21,22)20-5-7-23-8-6-20/h1-4,9-10H,5-8,11H2. The maximum atomic E-state index is 13.8. The van der Waals surface area contributed by atoms with Gasteiger partial charge in [-0.1, -0.05) is 22.0 Å². The summed E-state index contributed by atoms with van der Waals surface area (Å²) in [4.78, 5) is 4.36. The lowest BCUT2D eigenvalue weighted by Crippen LogP contribution is -2.40. The van der Waals surface area contributed by atoms with Gasteiger partial charge in [-0.3, -0.25) is 0 Å². The lowest BCUT2D eigenvalue weighted by atomic mass is 10.2. The number of ether oxygens (including phenoxy) is 1. The van der Waals surface area contributed by atoms with Gasteiger partial charge in [-0.25, -0.2) is 17.8 Å². The Labute approximate surface area is 158 Å². The predicted molar refractivity (Wildman–Crippen MR) is 97.5 cm³/mol. The molecule has 3 rings (SSSR count). The lowest BCUT2D eigenvalue weighted by molar-refractivity contribution is 0.0730. The fourth-order valence-corrected chi connectivity index (χ4v) is 4.85. The first-order valence-corrected chi connectivity index (χ1v) is 10.8. The molecule has 1 aliphatic heterocycles. The second-order valence-corrected chi connectivity index (χ2v) is 9.22. The molecule has 0 saturated carbocycles. The third kappa shape index (κ3) is 4.59. The summed E-state index contributed by atoms with van der Waals surface area (Å²) >= 11 is 4.58. The number of aromatic nitrogens is 1. The van der Waals surface area contributed by atoms with Crippen molar-refractivity contribution >= 4 is 37.7 Å². The first kappa shape index (κ1) is 18.8. The number of hydrogen-bond acceptors (Lipinski definition) is 5. The van der Waals surface area contributed by atoms with E-state index in [0.717, 1.165) is 0 Å². The van der Waals surface area contributed by atoms with E-state index in [1.54, 1.807) is 18.2 Å². The summed E-state index contributed by atoms with van der Waals surface area (Å²) in [5.74, 6) is 0.134. The molecule has 0 N–H and O–H groups in total. The minimum atomic E-state index is -3.54. The number of thioether (sulfide) groups is 1. The zero-order valence-electron chi connectivity index (χ0n) is 13.2. The molecule has 9 heteroatoms. The minimum absolute atomic E-state index is 0.161. The van der Waals surface area contributed by atoms with Gasteiger partial charge >= 0.3 is 0 Å². The van der Waals surface area contributed by atoms with E-state index in [1.165, 1.54) is 34.4 Å². The smallest absolute Gasteiger partial charge is 0.244 e. The zero-order valence-corrected chi connectivity index (χ0v) is 16.4. The molecule has 2 aromatic rings. The Kier molecular flexibility index (Phi) is 6.11. The normalized spacial score (nSPS) is 16.1. The molecule has 1 aromatic heterocycles. The number of nitrogens with zero attached hydrogens (tertiary/aromatic N) is 2. The van der Waals surface area contributed by atoms with Crippen LogP contribution in [0.1, 0.15) is 5.56 Å². The molecule has 1 fully saturated rings. The number of rotatable bonds is 5. The summed E-state index contributed by atoms with van der Waals surface area (Å²) in [6.07, 6.45) is 1.35. The Morgan fingerprint density at radius 3 is 2.64 bits per heavy atom. The molecular weight excluding hydrogens is 431 g/mol. The molecule has 0 bridgehead atoms. The highest BCUT2D eigenvalue weighted by molar-refractivity contribution is 9.10. The van der Waals surface area contributed by atoms with Gasteiger partial charge in [-0.2, -0.15) is 4.31 Å². The molecule has 0 aliphatic carbocycles. The zero-order chi connectivity index (χ0) is 17.9. The highest BCUT2D eigenvalue weighted by atomic mass is 79.9. The summed E-state index contributed by atoms with van der Waals surface area (Å²) in [5, 5.41) is 0.642. The number of sulfonamides is 1. The summed E-state index contributed by atoms with van der Waals surface area (Å²) in [5.41, 5.74) is 0.569. The van der Waals surface area contributed by atoms with Crippen molar-refractivity contribution in [3.8, 4) is 0 Å². The fraction of sp³-hybridized carbons (Fsp3) is 0.312. The summed E-state index contributed by atoms with van der Waals surface area (Å²) in [7, 11) is -3.54. The number of pyridine rings is 1. The fourth-order valence-electron chi connectivity index (χ4n) is 2.33. The summed E-state index contributed by atoms with van der Waals surface area (Å²) in [6.45, 7) is 1.50. The van der Waals surface area contributed by atoms with Crippen molar-refractivity contribution in [2.24, 2.45) is 0 Å². The van der Waals surface area contributed by atoms with E-state index in [4.69, 9.17) is 4.74 Å². The second-order valence-electron chi connectivity index (χ2n) is 5.37. The van der Waals surface area contributed by atoms with E-state index in [-0.39, 0.29) is 10.7 Å². The molecule has 1 aromatic carbocycles. The molecule has 2 heterocycles. The number of hydrogen-bond donors (Lipinski definition) is 0. The quantitative estimate of drug-likeness (QED) is 0.659. The maximum Gasteiger partial charge on any atom is 0.244 e. The van der Waals surface area contributed by atoms with Crippen molar-refractivity contribution in [2.45, 2.75) is 15.7 Å². The highest BCUT2D eigenvalue weighted by Gasteiger charge is 2.26. The molecule has 134 valence electrons. The molecule has 0 amide bonds. The van der Waals surface area contributed by atoms with E-state index in [1.807, 2.05) is 0 Å². The van der Waals surface area contributed by atoms with Crippen molar-refractivity contribution in [2.75, 3.05) is 26.3 Å². The third-order valence-electron chi connectivity index (χ3n) is 3.71. The van der Waals surface area contributed by atoms with Gasteiger partial charge in [0, 0.05) is 29.5 Å².